The molecule has 0 saturated heterocycles. The molecule has 264 valence electrons. The number of esters is 1. The van der Waals surface area contributed by atoms with Crippen LogP contribution in [-0.2, 0) is 42.7 Å². The summed E-state index contributed by atoms with van der Waals surface area (Å²) in [6, 6.07) is 0. The molecular weight excluding hydrogens is 632 g/mol. The van der Waals surface area contributed by atoms with Gasteiger partial charge in [-0.25, -0.2) is 0 Å². The van der Waals surface area contributed by atoms with Crippen molar-refractivity contribution in [2.24, 2.45) is 0 Å². The summed E-state index contributed by atoms with van der Waals surface area (Å²) in [6.45, 7) is 10.0. The first-order chi connectivity index (χ1) is 21.8. The highest BCUT2D eigenvalue weighted by atomic mass is 79.9. The van der Waals surface area contributed by atoms with Crippen LogP contribution in [0.3, 0.4) is 0 Å². The van der Waals surface area contributed by atoms with E-state index in [1.807, 2.05) is 0 Å². The maximum Gasteiger partial charge on any atom is 0.305 e. The predicted molar refractivity (Wildman–Crippen MR) is 180 cm³/mol. The van der Waals surface area contributed by atoms with Gasteiger partial charge in [0, 0.05) is 11.8 Å². The molecule has 9 nitrogen and oxygen atoms in total. The molecule has 0 N–H and O–H groups in total. The fraction of sp³-hybridized carbons (Fsp3) is 0.971. The molecule has 0 aliphatic carbocycles. The fourth-order valence-corrected chi connectivity index (χ4v) is 4.63. The van der Waals surface area contributed by atoms with Crippen molar-refractivity contribution in [3.05, 3.63) is 0 Å². The van der Waals surface area contributed by atoms with Crippen LogP contribution >= 0.6 is 15.9 Å². The second kappa shape index (κ2) is 40.7. The number of rotatable bonds is 39. The van der Waals surface area contributed by atoms with Gasteiger partial charge in [0.25, 0.3) is 0 Å². The summed E-state index contributed by atoms with van der Waals surface area (Å²) in [5.74, 6) is -0.124. The maximum absolute atomic E-state index is 11.9. The highest BCUT2D eigenvalue weighted by Crippen LogP contribution is 2.13. The minimum Gasteiger partial charge on any atom is -0.463 e. The van der Waals surface area contributed by atoms with E-state index in [1.165, 1.54) is 83.5 Å². The minimum absolute atomic E-state index is 0.124. The molecule has 0 bridgehead atoms. The van der Waals surface area contributed by atoms with E-state index in [-0.39, 0.29) is 5.97 Å². The molecule has 0 amide bonds. The Morgan fingerprint density at radius 3 is 0.977 bits per heavy atom. The minimum atomic E-state index is -0.124. The van der Waals surface area contributed by atoms with E-state index in [4.69, 9.17) is 37.9 Å². The van der Waals surface area contributed by atoms with E-state index in [2.05, 4.69) is 22.9 Å². The van der Waals surface area contributed by atoms with E-state index < -0.39 is 0 Å². The third-order valence-corrected chi connectivity index (χ3v) is 7.25. The summed E-state index contributed by atoms with van der Waals surface area (Å²) in [7, 11) is 0. The summed E-state index contributed by atoms with van der Waals surface area (Å²) >= 11 is 3.30. The zero-order valence-electron chi connectivity index (χ0n) is 28.2. The Morgan fingerprint density at radius 2 is 0.659 bits per heavy atom. The molecule has 0 fully saturated rings. The third kappa shape index (κ3) is 39.7. The smallest absolute Gasteiger partial charge is 0.305 e. The Hall–Kier alpha value is -0.330. The van der Waals surface area contributed by atoms with Crippen molar-refractivity contribution in [1.29, 1.82) is 0 Å². The van der Waals surface area contributed by atoms with E-state index in [0.717, 1.165) is 18.2 Å². The van der Waals surface area contributed by atoms with Gasteiger partial charge in [-0.05, 0) is 6.42 Å². The third-order valence-electron chi connectivity index (χ3n) is 6.93. The van der Waals surface area contributed by atoms with Gasteiger partial charge in [0.05, 0.1) is 92.5 Å². The Morgan fingerprint density at radius 1 is 0.386 bits per heavy atom. The average molecular weight is 700 g/mol. The SMILES string of the molecule is CCCCCCCCCCCCCCCCCC(=O)OCCOCCOCCOCCOCCOCCOCCOCCBr. The van der Waals surface area contributed by atoms with E-state index in [1.54, 1.807) is 0 Å². The molecular formula is C34H67BrO9. The van der Waals surface area contributed by atoms with Crippen LogP contribution in [0.25, 0.3) is 0 Å². The normalized spacial score (nSPS) is 11.4. The van der Waals surface area contributed by atoms with Crippen LogP contribution in [0.1, 0.15) is 110 Å². The molecule has 0 aromatic carbocycles. The number of unbranched alkanes of at least 4 members (excludes halogenated alkanes) is 14. The summed E-state index contributed by atoms with van der Waals surface area (Å²) < 4.78 is 43.2. The molecule has 0 spiro atoms. The van der Waals surface area contributed by atoms with Crippen LogP contribution in [0.4, 0.5) is 0 Å². The van der Waals surface area contributed by atoms with Gasteiger partial charge >= 0.3 is 5.97 Å². The Balaban J connectivity index is 3.13. The molecule has 0 aliphatic rings. The van der Waals surface area contributed by atoms with Crippen molar-refractivity contribution in [2.45, 2.75) is 110 Å². The molecule has 0 radical (unpaired) electrons. The first-order valence-electron chi connectivity index (χ1n) is 17.6. The summed E-state index contributed by atoms with van der Waals surface area (Å²) in [6.07, 6.45) is 20.3. The molecule has 0 aliphatic heterocycles. The van der Waals surface area contributed by atoms with Gasteiger partial charge in [-0.15, -0.1) is 0 Å². The first-order valence-corrected chi connectivity index (χ1v) is 18.7. The van der Waals surface area contributed by atoms with Gasteiger partial charge in [-0.1, -0.05) is 113 Å². The lowest BCUT2D eigenvalue weighted by molar-refractivity contribution is -0.145. The van der Waals surface area contributed by atoms with Gasteiger partial charge in [0.2, 0.25) is 0 Å². The zero-order chi connectivity index (χ0) is 31.9. The number of carbonyl (C=O) groups is 1. The Bertz CT molecular complexity index is 543. The second-order valence-electron chi connectivity index (χ2n) is 10.9. The number of hydrogen-bond acceptors (Lipinski definition) is 9. The van der Waals surface area contributed by atoms with E-state index in [0.29, 0.717) is 106 Å². The van der Waals surface area contributed by atoms with Crippen LogP contribution in [0, 0.1) is 0 Å². The monoisotopic (exact) mass is 698 g/mol. The second-order valence-corrected chi connectivity index (χ2v) is 11.7. The molecule has 44 heavy (non-hydrogen) atoms. The van der Waals surface area contributed by atoms with Crippen LogP contribution < -0.4 is 0 Å². The van der Waals surface area contributed by atoms with Gasteiger partial charge in [-0.2, -0.15) is 0 Å². The molecule has 10 heteroatoms. The Kier molecular flexibility index (Phi) is 40.4. The molecule has 0 aromatic heterocycles. The number of ether oxygens (including phenoxy) is 8. The highest BCUT2D eigenvalue weighted by molar-refractivity contribution is 9.09. The topological polar surface area (TPSA) is 90.9 Å². The molecule has 0 unspecified atom stereocenters. The predicted octanol–water partition coefficient (Wildman–Crippen LogP) is 7.30. The number of carbonyl (C=O) groups excluding carboxylic acids is 1. The molecule has 0 atom stereocenters. The number of halogens is 1. The lowest BCUT2D eigenvalue weighted by Gasteiger charge is -2.08. The van der Waals surface area contributed by atoms with Crippen molar-refractivity contribution >= 4 is 21.9 Å². The fourth-order valence-electron chi connectivity index (χ4n) is 4.40. The van der Waals surface area contributed by atoms with Gasteiger partial charge in [-0.3, -0.25) is 4.79 Å². The molecule has 0 rings (SSSR count). The lowest BCUT2D eigenvalue weighted by Crippen LogP contribution is -2.15. The standard InChI is InChI=1S/C34H67BrO9/c1-2-3-4-5-6-7-8-9-10-11-12-13-14-15-16-17-34(36)44-33-32-43-31-30-42-29-28-41-27-26-40-25-24-39-23-22-38-21-20-37-19-18-35/h2-33H2,1H3. The van der Waals surface area contributed by atoms with Crippen LogP contribution in [0.2, 0.25) is 0 Å². The van der Waals surface area contributed by atoms with Crippen molar-refractivity contribution in [3.63, 3.8) is 0 Å². The van der Waals surface area contributed by atoms with Crippen LogP contribution in [0.15, 0.2) is 0 Å². The van der Waals surface area contributed by atoms with Crippen molar-refractivity contribution < 1.29 is 42.7 Å². The largest absolute Gasteiger partial charge is 0.463 e. The quantitative estimate of drug-likeness (QED) is 0.0373. The van der Waals surface area contributed by atoms with Crippen molar-refractivity contribution in [1.82, 2.24) is 0 Å². The lowest BCUT2D eigenvalue weighted by atomic mass is 10.0. The van der Waals surface area contributed by atoms with Crippen LogP contribution in [-0.4, -0.2) is 110 Å². The van der Waals surface area contributed by atoms with Gasteiger partial charge in [0.1, 0.15) is 6.61 Å². The summed E-state index contributed by atoms with van der Waals surface area (Å²) in [5.41, 5.74) is 0. The average Bonchev–Trinajstić information content (AvgIpc) is 3.03. The molecule has 0 heterocycles. The first kappa shape index (κ1) is 43.7. The Labute approximate surface area is 278 Å². The van der Waals surface area contributed by atoms with E-state index in [9.17, 15) is 4.79 Å². The van der Waals surface area contributed by atoms with Gasteiger partial charge in [0.15, 0.2) is 0 Å². The van der Waals surface area contributed by atoms with Crippen molar-refractivity contribution in [2.75, 3.05) is 104 Å². The van der Waals surface area contributed by atoms with E-state index >= 15 is 0 Å². The van der Waals surface area contributed by atoms with Crippen LogP contribution in [0.5, 0.6) is 0 Å². The summed E-state index contributed by atoms with van der Waals surface area (Å²) in [5, 5.41) is 0.839. The number of hydrogen-bond donors (Lipinski definition) is 0. The highest BCUT2D eigenvalue weighted by Gasteiger charge is 2.03. The molecule has 0 saturated carbocycles. The van der Waals surface area contributed by atoms with Crippen molar-refractivity contribution in [3.8, 4) is 0 Å². The van der Waals surface area contributed by atoms with Gasteiger partial charge < -0.3 is 37.9 Å². The summed E-state index contributed by atoms with van der Waals surface area (Å²) in [4.78, 5) is 11.9. The number of alkyl halides is 1. The maximum atomic E-state index is 11.9. The zero-order valence-corrected chi connectivity index (χ0v) is 29.8. The molecule has 0 aromatic rings.